The third-order valence-corrected chi connectivity index (χ3v) is 4.36. The molecule has 1 saturated heterocycles. The molecule has 0 aromatic heterocycles. The van der Waals surface area contributed by atoms with Crippen molar-refractivity contribution in [1.29, 1.82) is 0 Å². The van der Waals surface area contributed by atoms with Crippen LogP contribution in [0.4, 0.5) is 0 Å². The van der Waals surface area contributed by atoms with E-state index < -0.39 is 0 Å². The minimum Gasteiger partial charge on any atom is -0.461 e. The van der Waals surface area contributed by atoms with E-state index in [0.29, 0.717) is 6.42 Å². The molecule has 18 heavy (non-hydrogen) atoms. The number of hydrogen-bond acceptors (Lipinski definition) is 3. The minimum absolute atomic E-state index is 0.0638. The van der Waals surface area contributed by atoms with Crippen LogP contribution in [0.2, 0.25) is 0 Å². The summed E-state index contributed by atoms with van der Waals surface area (Å²) in [5.41, 5.74) is 1.27. The molecule has 1 heterocycles. The maximum atomic E-state index is 12.1. The highest BCUT2D eigenvalue weighted by molar-refractivity contribution is 5.83. The Bertz CT molecular complexity index is 383. The van der Waals surface area contributed by atoms with Crippen molar-refractivity contribution in [3.63, 3.8) is 0 Å². The maximum absolute atomic E-state index is 12.1. The van der Waals surface area contributed by atoms with Crippen molar-refractivity contribution in [2.24, 2.45) is 17.8 Å². The van der Waals surface area contributed by atoms with Crippen molar-refractivity contribution in [3.8, 4) is 0 Å². The van der Waals surface area contributed by atoms with Crippen LogP contribution in [0.15, 0.2) is 11.6 Å². The Kier molecular flexibility index (Phi) is 3.88. The maximum Gasteiger partial charge on any atom is 0.309 e. The van der Waals surface area contributed by atoms with Crippen molar-refractivity contribution in [2.75, 3.05) is 0 Å². The fourth-order valence-electron chi connectivity index (χ4n) is 2.92. The summed E-state index contributed by atoms with van der Waals surface area (Å²) >= 11 is 0. The fraction of sp³-hybridized carbons (Fsp3) is 0.733. The zero-order chi connectivity index (χ0) is 13.3. The molecule has 1 aliphatic heterocycles. The monoisotopic (exact) mass is 250 g/mol. The number of allylic oxidation sites excluding steroid dienone is 1. The normalized spacial score (nSPS) is 40.7. The van der Waals surface area contributed by atoms with Crippen LogP contribution in [-0.2, 0) is 14.3 Å². The number of Topliss-reactive ketones (excluding diaryl/α,β-unsaturated/α-hetero) is 1. The number of carbonyl (C=O) groups is 2. The van der Waals surface area contributed by atoms with E-state index in [1.807, 2.05) is 13.8 Å². The highest BCUT2D eigenvalue weighted by atomic mass is 16.6. The van der Waals surface area contributed by atoms with Gasteiger partial charge in [-0.1, -0.05) is 25.5 Å². The SMILES string of the molecule is C/C1=C\CC[C@@H](C)C(=O)C[C@@H]2[C@H](C)C(=O)O[C@@H]2C1. The summed E-state index contributed by atoms with van der Waals surface area (Å²) < 4.78 is 5.43. The minimum atomic E-state index is -0.141. The van der Waals surface area contributed by atoms with Gasteiger partial charge >= 0.3 is 5.97 Å². The van der Waals surface area contributed by atoms with Crippen LogP contribution in [0.25, 0.3) is 0 Å². The van der Waals surface area contributed by atoms with E-state index in [-0.39, 0.29) is 35.6 Å². The van der Waals surface area contributed by atoms with Gasteiger partial charge in [-0.3, -0.25) is 9.59 Å². The number of carbonyl (C=O) groups excluding carboxylic acids is 2. The Balaban J connectivity index is 2.22. The molecule has 0 radical (unpaired) electrons. The summed E-state index contributed by atoms with van der Waals surface area (Å²) in [7, 11) is 0. The lowest BCUT2D eigenvalue weighted by atomic mass is 9.81. The predicted molar refractivity (Wildman–Crippen MR) is 68.9 cm³/mol. The molecule has 4 atom stereocenters. The van der Waals surface area contributed by atoms with Crippen LogP contribution < -0.4 is 0 Å². The molecule has 0 aromatic rings. The molecule has 0 saturated carbocycles. The van der Waals surface area contributed by atoms with Crippen LogP contribution in [0.1, 0.15) is 46.5 Å². The van der Waals surface area contributed by atoms with Gasteiger partial charge in [0.05, 0.1) is 5.92 Å². The summed E-state index contributed by atoms with van der Waals surface area (Å²) in [6.07, 6.45) is 5.21. The van der Waals surface area contributed by atoms with Crippen molar-refractivity contribution < 1.29 is 14.3 Å². The first-order valence-electron chi connectivity index (χ1n) is 6.88. The van der Waals surface area contributed by atoms with Gasteiger partial charge in [-0.25, -0.2) is 0 Å². The van der Waals surface area contributed by atoms with Gasteiger partial charge in [-0.15, -0.1) is 0 Å². The summed E-state index contributed by atoms with van der Waals surface area (Å²) in [5.74, 6) is 0.156. The average Bonchev–Trinajstić information content (AvgIpc) is 2.56. The van der Waals surface area contributed by atoms with Crippen LogP contribution in [0.3, 0.4) is 0 Å². The van der Waals surface area contributed by atoms with Gasteiger partial charge in [-0.2, -0.15) is 0 Å². The molecule has 0 amide bonds. The molecular weight excluding hydrogens is 228 g/mol. The average molecular weight is 250 g/mol. The zero-order valence-corrected chi connectivity index (χ0v) is 11.4. The molecule has 0 spiro atoms. The number of ketones is 1. The van der Waals surface area contributed by atoms with Gasteiger partial charge in [0, 0.05) is 24.7 Å². The Morgan fingerprint density at radius 2 is 1.94 bits per heavy atom. The van der Waals surface area contributed by atoms with Gasteiger partial charge in [0.15, 0.2) is 0 Å². The van der Waals surface area contributed by atoms with E-state index in [9.17, 15) is 9.59 Å². The third-order valence-electron chi connectivity index (χ3n) is 4.36. The number of hydrogen-bond donors (Lipinski definition) is 0. The van der Waals surface area contributed by atoms with Crippen molar-refractivity contribution >= 4 is 11.8 Å². The lowest BCUT2D eigenvalue weighted by Crippen LogP contribution is -2.26. The molecule has 2 rings (SSSR count). The Hall–Kier alpha value is -1.12. The smallest absolute Gasteiger partial charge is 0.309 e. The van der Waals surface area contributed by atoms with Gasteiger partial charge < -0.3 is 4.74 Å². The van der Waals surface area contributed by atoms with Crippen molar-refractivity contribution in [1.82, 2.24) is 0 Å². The molecule has 0 bridgehead atoms. The van der Waals surface area contributed by atoms with Crippen molar-refractivity contribution in [2.45, 2.75) is 52.6 Å². The van der Waals surface area contributed by atoms with Gasteiger partial charge in [0.1, 0.15) is 11.9 Å². The summed E-state index contributed by atoms with van der Waals surface area (Å²) in [6, 6.07) is 0. The quantitative estimate of drug-likeness (QED) is 0.490. The second-order valence-electron chi connectivity index (χ2n) is 5.83. The molecule has 3 heteroatoms. The zero-order valence-electron chi connectivity index (χ0n) is 11.4. The molecule has 0 unspecified atom stereocenters. The Morgan fingerprint density at radius 3 is 2.67 bits per heavy atom. The number of fused-ring (bicyclic) bond motifs is 1. The van der Waals surface area contributed by atoms with E-state index in [1.54, 1.807) is 0 Å². The standard InChI is InChI=1S/C15H22O3/c1-9-5-4-6-10(2)13(16)8-12-11(3)15(17)18-14(12)7-9/h5,10-12,14H,4,6-8H2,1-3H3/b9-5+/t10-,11+,12-,14-/m1/s1. The largest absolute Gasteiger partial charge is 0.461 e. The molecule has 2 aliphatic rings. The van der Waals surface area contributed by atoms with E-state index in [0.717, 1.165) is 19.3 Å². The highest BCUT2D eigenvalue weighted by Gasteiger charge is 2.43. The van der Waals surface area contributed by atoms with E-state index in [4.69, 9.17) is 4.74 Å². The first kappa shape index (κ1) is 13.3. The molecule has 1 aliphatic carbocycles. The first-order valence-corrected chi connectivity index (χ1v) is 6.88. The molecular formula is C15H22O3. The molecule has 100 valence electrons. The summed E-state index contributed by atoms with van der Waals surface area (Å²) in [4.78, 5) is 23.8. The lowest BCUT2D eigenvalue weighted by molar-refractivity contribution is -0.143. The molecule has 0 aromatic carbocycles. The molecule has 1 fully saturated rings. The fourth-order valence-corrected chi connectivity index (χ4v) is 2.92. The van der Waals surface area contributed by atoms with Crippen LogP contribution >= 0.6 is 0 Å². The molecule has 3 nitrogen and oxygen atoms in total. The van der Waals surface area contributed by atoms with Crippen LogP contribution in [0, 0.1) is 17.8 Å². The second kappa shape index (κ2) is 5.25. The third kappa shape index (κ3) is 2.65. The number of esters is 1. The van der Waals surface area contributed by atoms with E-state index in [1.165, 1.54) is 5.57 Å². The summed E-state index contributed by atoms with van der Waals surface area (Å²) in [5, 5.41) is 0. The number of rotatable bonds is 0. The lowest BCUT2D eigenvalue weighted by Gasteiger charge is -2.22. The molecule has 0 N–H and O–H groups in total. The Morgan fingerprint density at radius 1 is 1.22 bits per heavy atom. The van der Waals surface area contributed by atoms with Gasteiger partial charge in [0.25, 0.3) is 0 Å². The van der Waals surface area contributed by atoms with E-state index >= 15 is 0 Å². The first-order chi connectivity index (χ1) is 8.49. The second-order valence-corrected chi connectivity index (χ2v) is 5.83. The van der Waals surface area contributed by atoms with Crippen molar-refractivity contribution in [3.05, 3.63) is 11.6 Å². The van der Waals surface area contributed by atoms with E-state index in [2.05, 4.69) is 13.0 Å². The topological polar surface area (TPSA) is 43.4 Å². The van der Waals surface area contributed by atoms with Crippen LogP contribution in [0.5, 0.6) is 0 Å². The predicted octanol–water partition coefficient (Wildman–Crippen LogP) is 2.89. The Labute approximate surface area is 109 Å². The number of ether oxygens (including phenoxy) is 1. The summed E-state index contributed by atoms with van der Waals surface area (Å²) in [6.45, 7) is 5.96. The highest BCUT2D eigenvalue weighted by Crippen LogP contribution is 2.36. The van der Waals surface area contributed by atoms with Crippen LogP contribution in [-0.4, -0.2) is 17.9 Å². The van der Waals surface area contributed by atoms with Gasteiger partial charge in [0.2, 0.25) is 0 Å². The van der Waals surface area contributed by atoms with Gasteiger partial charge in [-0.05, 0) is 19.8 Å².